The summed E-state index contributed by atoms with van der Waals surface area (Å²) in [7, 11) is 0. The lowest BCUT2D eigenvalue weighted by Gasteiger charge is -2.18. The lowest BCUT2D eigenvalue weighted by Crippen LogP contribution is -2.15. The zero-order chi connectivity index (χ0) is 8.06. The van der Waals surface area contributed by atoms with Gasteiger partial charge in [-0.15, -0.1) is 0 Å². The van der Waals surface area contributed by atoms with Crippen molar-refractivity contribution in [3.8, 4) is 0 Å². The zero-order valence-electron chi connectivity index (χ0n) is 7.51. The van der Waals surface area contributed by atoms with Gasteiger partial charge in [-0.25, -0.2) is 0 Å². The number of fused-ring (bicyclic) bond motifs is 1. The fraction of sp³-hybridized carbons (Fsp3) is 1.00. The maximum atomic E-state index is 9.63. The van der Waals surface area contributed by atoms with Gasteiger partial charge in [0.05, 0.1) is 6.10 Å². The van der Waals surface area contributed by atoms with Gasteiger partial charge in [0.1, 0.15) is 0 Å². The molecular weight excluding hydrogens is 136 g/mol. The van der Waals surface area contributed by atoms with Gasteiger partial charge in [0.25, 0.3) is 0 Å². The molecule has 2 saturated carbocycles. The Bertz CT molecular complexity index is 162. The van der Waals surface area contributed by atoms with Crippen LogP contribution in [0.25, 0.3) is 0 Å². The number of aliphatic hydroxyl groups is 1. The highest BCUT2D eigenvalue weighted by Gasteiger charge is 2.45. The molecule has 0 spiro atoms. The van der Waals surface area contributed by atoms with Gasteiger partial charge >= 0.3 is 0 Å². The Balaban J connectivity index is 2.10. The summed E-state index contributed by atoms with van der Waals surface area (Å²) < 4.78 is 0. The first-order valence-electron chi connectivity index (χ1n) is 4.76. The molecular formula is C10H18O. The molecule has 3 atom stereocenters. The first-order valence-corrected chi connectivity index (χ1v) is 4.76. The summed E-state index contributed by atoms with van der Waals surface area (Å²) in [4.78, 5) is 0. The van der Waals surface area contributed by atoms with E-state index in [0.717, 1.165) is 12.3 Å². The Morgan fingerprint density at radius 1 is 1.18 bits per heavy atom. The molecule has 0 aromatic carbocycles. The minimum Gasteiger partial charge on any atom is -0.393 e. The SMILES string of the molecule is CC1(C)CC2CCC(O)C2C1. The molecule has 64 valence electrons. The first kappa shape index (κ1) is 7.60. The fourth-order valence-electron chi connectivity index (χ4n) is 3.11. The predicted molar refractivity (Wildman–Crippen MR) is 45.2 cm³/mol. The summed E-state index contributed by atoms with van der Waals surface area (Å²) in [5, 5.41) is 9.63. The van der Waals surface area contributed by atoms with Crippen molar-refractivity contribution in [3.05, 3.63) is 0 Å². The van der Waals surface area contributed by atoms with Crippen molar-refractivity contribution in [3.63, 3.8) is 0 Å². The minimum absolute atomic E-state index is 0.0294. The van der Waals surface area contributed by atoms with E-state index < -0.39 is 0 Å². The molecule has 2 aliphatic carbocycles. The normalized spacial score (nSPS) is 47.7. The van der Waals surface area contributed by atoms with Gasteiger partial charge in [-0.1, -0.05) is 13.8 Å². The number of rotatable bonds is 0. The average molecular weight is 154 g/mol. The van der Waals surface area contributed by atoms with E-state index >= 15 is 0 Å². The maximum Gasteiger partial charge on any atom is 0.0571 e. The van der Waals surface area contributed by atoms with Gasteiger partial charge in [-0.05, 0) is 42.9 Å². The monoisotopic (exact) mass is 154 g/mol. The topological polar surface area (TPSA) is 20.2 Å². The van der Waals surface area contributed by atoms with Crippen LogP contribution < -0.4 is 0 Å². The molecule has 1 N–H and O–H groups in total. The Hall–Kier alpha value is -0.0400. The van der Waals surface area contributed by atoms with E-state index in [2.05, 4.69) is 13.8 Å². The lowest BCUT2D eigenvalue weighted by molar-refractivity contribution is 0.119. The third-order valence-electron chi connectivity index (χ3n) is 3.54. The van der Waals surface area contributed by atoms with Crippen molar-refractivity contribution in [1.29, 1.82) is 0 Å². The molecule has 0 aromatic heterocycles. The third-order valence-corrected chi connectivity index (χ3v) is 3.54. The second kappa shape index (κ2) is 2.22. The molecule has 2 aliphatic rings. The van der Waals surface area contributed by atoms with Crippen molar-refractivity contribution in [1.82, 2.24) is 0 Å². The molecule has 11 heavy (non-hydrogen) atoms. The van der Waals surface area contributed by atoms with Crippen LogP contribution in [0.15, 0.2) is 0 Å². The van der Waals surface area contributed by atoms with Crippen LogP contribution in [-0.4, -0.2) is 11.2 Å². The van der Waals surface area contributed by atoms with E-state index in [0.29, 0.717) is 11.3 Å². The second-order valence-corrected chi connectivity index (χ2v) is 5.14. The first-order chi connectivity index (χ1) is 5.08. The molecule has 1 nitrogen and oxygen atoms in total. The van der Waals surface area contributed by atoms with Crippen LogP contribution in [0, 0.1) is 17.3 Å². The van der Waals surface area contributed by atoms with Gasteiger partial charge in [0.2, 0.25) is 0 Å². The molecule has 0 heterocycles. The molecule has 0 radical (unpaired) electrons. The van der Waals surface area contributed by atoms with E-state index in [1.54, 1.807) is 0 Å². The van der Waals surface area contributed by atoms with E-state index in [4.69, 9.17) is 0 Å². The summed E-state index contributed by atoms with van der Waals surface area (Å²) in [6.07, 6.45) is 4.95. The van der Waals surface area contributed by atoms with Crippen molar-refractivity contribution in [2.75, 3.05) is 0 Å². The van der Waals surface area contributed by atoms with Crippen LogP contribution >= 0.6 is 0 Å². The molecule has 0 aromatic rings. The Morgan fingerprint density at radius 2 is 1.91 bits per heavy atom. The standard InChI is InChI=1S/C10H18O/c1-10(2)5-7-3-4-9(11)8(7)6-10/h7-9,11H,3-6H2,1-2H3. The third kappa shape index (κ3) is 1.20. The molecule has 2 fully saturated rings. The quantitative estimate of drug-likeness (QED) is 0.567. The summed E-state index contributed by atoms with van der Waals surface area (Å²) in [6, 6.07) is 0. The Kier molecular flexibility index (Phi) is 1.54. The van der Waals surface area contributed by atoms with E-state index in [-0.39, 0.29) is 6.10 Å². The Labute approximate surface area is 68.8 Å². The van der Waals surface area contributed by atoms with Crippen molar-refractivity contribution in [2.45, 2.75) is 45.6 Å². The zero-order valence-corrected chi connectivity index (χ0v) is 7.51. The highest BCUT2D eigenvalue weighted by molar-refractivity contribution is 4.96. The summed E-state index contributed by atoms with van der Waals surface area (Å²) >= 11 is 0. The Morgan fingerprint density at radius 3 is 2.55 bits per heavy atom. The number of aliphatic hydroxyl groups excluding tert-OH is 1. The largest absolute Gasteiger partial charge is 0.393 e. The molecule has 2 rings (SSSR count). The maximum absolute atomic E-state index is 9.63. The highest BCUT2D eigenvalue weighted by atomic mass is 16.3. The molecule has 1 heteroatoms. The van der Waals surface area contributed by atoms with Crippen LogP contribution in [0.4, 0.5) is 0 Å². The summed E-state index contributed by atoms with van der Waals surface area (Å²) in [5.74, 6) is 1.49. The molecule has 0 amide bonds. The van der Waals surface area contributed by atoms with Crippen LogP contribution in [0.3, 0.4) is 0 Å². The van der Waals surface area contributed by atoms with Crippen LogP contribution in [-0.2, 0) is 0 Å². The number of hydrogen-bond donors (Lipinski definition) is 1. The van der Waals surface area contributed by atoms with Gasteiger partial charge in [0.15, 0.2) is 0 Å². The van der Waals surface area contributed by atoms with Crippen LogP contribution in [0.1, 0.15) is 39.5 Å². The van der Waals surface area contributed by atoms with E-state index in [1.165, 1.54) is 19.3 Å². The number of hydrogen-bond acceptors (Lipinski definition) is 1. The molecule has 0 bridgehead atoms. The second-order valence-electron chi connectivity index (χ2n) is 5.14. The lowest BCUT2D eigenvalue weighted by atomic mass is 9.88. The van der Waals surface area contributed by atoms with Gasteiger partial charge in [-0.2, -0.15) is 0 Å². The minimum atomic E-state index is 0.0294. The average Bonchev–Trinajstić information content (AvgIpc) is 2.31. The van der Waals surface area contributed by atoms with E-state index in [9.17, 15) is 5.11 Å². The highest BCUT2D eigenvalue weighted by Crippen LogP contribution is 2.52. The van der Waals surface area contributed by atoms with Crippen LogP contribution in [0.2, 0.25) is 0 Å². The van der Waals surface area contributed by atoms with Crippen molar-refractivity contribution < 1.29 is 5.11 Å². The van der Waals surface area contributed by atoms with Crippen molar-refractivity contribution >= 4 is 0 Å². The predicted octanol–water partition coefficient (Wildman–Crippen LogP) is 2.19. The van der Waals surface area contributed by atoms with Crippen molar-refractivity contribution in [2.24, 2.45) is 17.3 Å². The van der Waals surface area contributed by atoms with E-state index in [1.807, 2.05) is 0 Å². The molecule has 0 saturated heterocycles. The molecule has 0 aliphatic heterocycles. The van der Waals surface area contributed by atoms with Gasteiger partial charge in [-0.3, -0.25) is 0 Å². The van der Waals surface area contributed by atoms with Crippen LogP contribution in [0.5, 0.6) is 0 Å². The molecule has 3 unspecified atom stereocenters. The summed E-state index contributed by atoms with van der Waals surface area (Å²) in [5.41, 5.74) is 0.511. The van der Waals surface area contributed by atoms with Gasteiger partial charge in [0, 0.05) is 0 Å². The van der Waals surface area contributed by atoms with Gasteiger partial charge < -0.3 is 5.11 Å². The smallest absolute Gasteiger partial charge is 0.0571 e. The summed E-state index contributed by atoms with van der Waals surface area (Å²) in [6.45, 7) is 4.66. The fourth-order valence-corrected chi connectivity index (χ4v) is 3.11.